The van der Waals surface area contributed by atoms with E-state index in [2.05, 4.69) is 0 Å². The Morgan fingerprint density at radius 2 is 1.68 bits per heavy atom. The van der Waals surface area contributed by atoms with Crippen molar-refractivity contribution in [3.8, 4) is 5.75 Å². The highest BCUT2D eigenvalue weighted by molar-refractivity contribution is 6.03. The van der Waals surface area contributed by atoms with Gasteiger partial charge in [0.05, 0.1) is 6.26 Å². The Morgan fingerprint density at radius 3 is 2.32 bits per heavy atom. The van der Waals surface area contributed by atoms with Gasteiger partial charge in [-0.05, 0) is 24.6 Å². The molecular weight excluding hydrogens is 326 g/mol. The molecule has 2 heterocycles. The van der Waals surface area contributed by atoms with Crippen LogP contribution in [0.4, 0.5) is 0 Å². The van der Waals surface area contributed by atoms with Gasteiger partial charge in [0, 0.05) is 24.2 Å². The molecule has 1 saturated carbocycles. The number of hydrogen-bond acceptors (Lipinski definition) is 4. The van der Waals surface area contributed by atoms with Crippen LogP contribution in [-0.4, -0.2) is 46.0 Å². The molecule has 1 amide bonds. The molecule has 3 aliphatic rings. The highest BCUT2D eigenvalue weighted by Crippen LogP contribution is 2.68. The smallest absolute Gasteiger partial charge is 0.312 e. The molecule has 1 aromatic carbocycles. The Bertz CT molecular complexity index is 844. The van der Waals surface area contributed by atoms with Gasteiger partial charge < -0.3 is 19.8 Å². The summed E-state index contributed by atoms with van der Waals surface area (Å²) in [7, 11) is 0. The molecular formula is C18H15NO6. The molecule has 0 spiro atoms. The average Bonchev–Trinajstić information content (AvgIpc) is 3.20. The van der Waals surface area contributed by atoms with Gasteiger partial charge in [-0.1, -0.05) is 18.2 Å². The highest BCUT2D eigenvalue weighted by atomic mass is 16.5. The number of carbonyl (C=O) groups excluding carboxylic acids is 1. The lowest BCUT2D eigenvalue weighted by atomic mass is 9.97. The van der Waals surface area contributed by atoms with Gasteiger partial charge in [-0.3, -0.25) is 14.4 Å². The molecule has 7 heteroatoms. The predicted octanol–water partition coefficient (Wildman–Crippen LogP) is 1.36. The second kappa shape index (κ2) is 4.95. The number of para-hydroxylation sites is 1. The Labute approximate surface area is 142 Å². The monoisotopic (exact) mass is 341 g/mol. The zero-order valence-electron chi connectivity index (χ0n) is 13.1. The van der Waals surface area contributed by atoms with Crippen LogP contribution in [0.2, 0.25) is 0 Å². The Balaban J connectivity index is 1.64. The van der Waals surface area contributed by atoms with E-state index in [9.17, 15) is 24.6 Å². The van der Waals surface area contributed by atoms with E-state index in [4.69, 9.17) is 4.74 Å². The second-order valence-electron chi connectivity index (χ2n) is 6.67. The first-order valence-electron chi connectivity index (χ1n) is 7.80. The van der Waals surface area contributed by atoms with E-state index in [0.29, 0.717) is 11.3 Å². The van der Waals surface area contributed by atoms with Gasteiger partial charge >= 0.3 is 11.9 Å². The van der Waals surface area contributed by atoms with Crippen molar-refractivity contribution in [2.75, 3.05) is 13.1 Å². The number of carboxylic acids is 2. The van der Waals surface area contributed by atoms with Crippen LogP contribution in [0.5, 0.6) is 5.75 Å². The molecule has 2 fully saturated rings. The fraction of sp³-hybridized carbons (Fsp3) is 0.278. The Kier molecular flexibility index (Phi) is 3.06. The third kappa shape index (κ3) is 2.02. The summed E-state index contributed by atoms with van der Waals surface area (Å²) in [4.78, 5) is 37.3. The Hall–Kier alpha value is -3.09. The number of nitrogens with zero attached hydrogens (tertiary/aromatic N) is 1. The minimum atomic E-state index is -1.38. The predicted molar refractivity (Wildman–Crippen MR) is 85.5 cm³/mol. The molecule has 4 rings (SSSR count). The van der Waals surface area contributed by atoms with Crippen LogP contribution in [0.25, 0.3) is 6.08 Å². The molecule has 1 aliphatic carbocycles. The molecule has 2 atom stereocenters. The zero-order valence-corrected chi connectivity index (χ0v) is 13.1. The summed E-state index contributed by atoms with van der Waals surface area (Å²) >= 11 is 0. The number of benzene rings is 1. The van der Waals surface area contributed by atoms with Gasteiger partial charge in [-0.15, -0.1) is 0 Å². The van der Waals surface area contributed by atoms with Crippen molar-refractivity contribution >= 4 is 23.9 Å². The highest BCUT2D eigenvalue weighted by Gasteiger charge is 2.81. The Morgan fingerprint density at radius 1 is 1.04 bits per heavy atom. The number of carboxylic acid groups (broad SMARTS) is 2. The number of hydrogen-bond donors (Lipinski definition) is 2. The van der Waals surface area contributed by atoms with E-state index in [1.54, 1.807) is 18.2 Å². The van der Waals surface area contributed by atoms with Crippen LogP contribution in [0.1, 0.15) is 12.0 Å². The van der Waals surface area contributed by atoms with Gasteiger partial charge in [-0.2, -0.15) is 0 Å². The van der Waals surface area contributed by atoms with Gasteiger partial charge in [-0.25, -0.2) is 0 Å². The van der Waals surface area contributed by atoms with E-state index < -0.39 is 28.7 Å². The van der Waals surface area contributed by atoms with Gasteiger partial charge in [0.2, 0.25) is 0 Å². The van der Waals surface area contributed by atoms with E-state index in [1.807, 2.05) is 12.1 Å². The molecule has 1 aromatic rings. The van der Waals surface area contributed by atoms with Crippen LogP contribution >= 0.6 is 0 Å². The SMILES string of the molecule is O=C(C1=Cc2ccccc2OC=C1)N1C[C@@]2(C(=O)O)C[C@@]2(C(=O)O)C1. The third-order valence-electron chi connectivity index (χ3n) is 5.34. The largest absolute Gasteiger partial charge is 0.481 e. The first kappa shape index (κ1) is 15.4. The zero-order chi connectivity index (χ0) is 17.8. The van der Waals surface area contributed by atoms with E-state index in [-0.39, 0.29) is 19.5 Å². The molecule has 25 heavy (non-hydrogen) atoms. The molecule has 0 unspecified atom stereocenters. The van der Waals surface area contributed by atoms with Crippen LogP contribution in [0.3, 0.4) is 0 Å². The summed E-state index contributed by atoms with van der Waals surface area (Å²) in [5.41, 5.74) is -1.70. The number of fused-ring (bicyclic) bond motifs is 2. The normalized spacial score (nSPS) is 29.0. The minimum absolute atomic E-state index is 0.0648. The number of rotatable bonds is 3. The summed E-state index contributed by atoms with van der Waals surface area (Å²) < 4.78 is 5.45. The van der Waals surface area contributed by atoms with Gasteiger partial charge in [0.25, 0.3) is 5.91 Å². The summed E-state index contributed by atoms with van der Waals surface area (Å²) in [6.45, 7) is -0.192. The fourth-order valence-electron chi connectivity index (χ4n) is 3.85. The van der Waals surface area contributed by atoms with Crippen molar-refractivity contribution in [2.24, 2.45) is 10.8 Å². The average molecular weight is 341 g/mol. The molecule has 0 radical (unpaired) electrons. The van der Waals surface area contributed by atoms with Crippen LogP contribution in [0, 0.1) is 10.8 Å². The van der Waals surface area contributed by atoms with Crippen LogP contribution in [0.15, 0.2) is 42.2 Å². The van der Waals surface area contributed by atoms with Crippen molar-refractivity contribution < 1.29 is 29.3 Å². The van der Waals surface area contributed by atoms with Crippen molar-refractivity contribution in [2.45, 2.75) is 6.42 Å². The number of ether oxygens (including phenoxy) is 1. The quantitative estimate of drug-likeness (QED) is 0.860. The number of piperidine rings is 1. The minimum Gasteiger partial charge on any atom is -0.481 e. The summed E-state index contributed by atoms with van der Waals surface area (Å²) in [5, 5.41) is 18.9. The molecule has 0 aromatic heterocycles. The summed E-state index contributed by atoms with van der Waals surface area (Å²) in [5.74, 6) is -2.12. The lowest BCUT2D eigenvalue weighted by Crippen LogP contribution is -2.35. The van der Waals surface area contributed by atoms with Crippen LogP contribution in [-0.2, 0) is 14.4 Å². The van der Waals surface area contributed by atoms with Crippen molar-refractivity contribution in [3.63, 3.8) is 0 Å². The maximum absolute atomic E-state index is 12.8. The van der Waals surface area contributed by atoms with Gasteiger partial charge in [0.1, 0.15) is 16.6 Å². The topological polar surface area (TPSA) is 104 Å². The lowest BCUT2D eigenvalue weighted by molar-refractivity contribution is -0.151. The second-order valence-corrected chi connectivity index (χ2v) is 6.67. The molecule has 2 aliphatic heterocycles. The number of likely N-dealkylation sites (tertiary alicyclic amines) is 1. The summed E-state index contributed by atoms with van der Waals surface area (Å²) in [6.07, 6.45) is 4.63. The van der Waals surface area contributed by atoms with E-state index in [0.717, 1.165) is 5.56 Å². The number of amides is 1. The van der Waals surface area contributed by atoms with E-state index in [1.165, 1.54) is 17.2 Å². The first-order chi connectivity index (χ1) is 11.9. The molecule has 7 nitrogen and oxygen atoms in total. The molecule has 1 saturated heterocycles. The number of aliphatic carboxylic acids is 2. The maximum Gasteiger partial charge on any atom is 0.312 e. The maximum atomic E-state index is 12.8. The molecule has 0 bridgehead atoms. The molecule has 2 N–H and O–H groups in total. The first-order valence-corrected chi connectivity index (χ1v) is 7.80. The number of carbonyl (C=O) groups is 3. The fourth-order valence-corrected chi connectivity index (χ4v) is 3.85. The van der Waals surface area contributed by atoms with Crippen molar-refractivity contribution in [1.29, 1.82) is 0 Å². The lowest BCUT2D eigenvalue weighted by Gasteiger charge is -2.20. The van der Waals surface area contributed by atoms with E-state index >= 15 is 0 Å². The van der Waals surface area contributed by atoms with Crippen molar-refractivity contribution in [1.82, 2.24) is 4.90 Å². The van der Waals surface area contributed by atoms with Gasteiger partial charge in [0.15, 0.2) is 0 Å². The van der Waals surface area contributed by atoms with Crippen LogP contribution < -0.4 is 4.74 Å². The standard InChI is InChI=1S/C18H15NO6/c20-14(12-5-6-25-13-4-2-1-3-11(13)7-12)19-9-17(15(21)22)8-18(17,10-19)16(23)24/h1-7H,8-10H2,(H,21,22)(H,23,24)/t17-,18+. The van der Waals surface area contributed by atoms with Crippen molar-refractivity contribution in [3.05, 3.63) is 47.7 Å². The summed E-state index contributed by atoms with van der Waals surface area (Å²) in [6, 6.07) is 7.20. The molecule has 128 valence electrons. The third-order valence-corrected chi connectivity index (χ3v) is 5.34.